The Bertz CT molecular complexity index is 486. The van der Waals surface area contributed by atoms with Gasteiger partial charge in [-0.15, -0.1) is 0 Å². The fraction of sp³-hybridized carbons (Fsp3) is 0.615. The lowest BCUT2D eigenvalue weighted by Crippen LogP contribution is -2.46. The van der Waals surface area contributed by atoms with Gasteiger partial charge < -0.3 is 15.2 Å². The predicted molar refractivity (Wildman–Crippen MR) is 73.1 cm³/mol. The van der Waals surface area contributed by atoms with Crippen LogP contribution in [0.15, 0.2) is 10.6 Å². The zero-order valence-corrected chi connectivity index (χ0v) is 11.8. The van der Waals surface area contributed by atoms with Crippen LogP contribution in [0.2, 0.25) is 0 Å². The van der Waals surface area contributed by atoms with Crippen LogP contribution in [0.4, 0.5) is 5.82 Å². The second kappa shape index (κ2) is 6.51. The first kappa shape index (κ1) is 14.5. The summed E-state index contributed by atoms with van der Waals surface area (Å²) in [6, 6.07) is 1.41. The first-order valence-corrected chi connectivity index (χ1v) is 6.85. The van der Waals surface area contributed by atoms with Crippen molar-refractivity contribution in [2.24, 2.45) is 0 Å². The highest BCUT2D eigenvalue weighted by atomic mass is 16.5. The van der Waals surface area contributed by atoms with Crippen LogP contribution < -0.4 is 10.6 Å². The quantitative estimate of drug-likeness (QED) is 0.839. The molecule has 1 aromatic heterocycles. The second-order valence-electron chi connectivity index (χ2n) is 4.91. The first-order chi connectivity index (χ1) is 9.60. The van der Waals surface area contributed by atoms with Crippen LogP contribution in [0.3, 0.4) is 0 Å². The fourth-order valence-electron chi connectivity index (χ4n) is 2.36. The van der Waals surface area contributed by atoms with Gasteiger partial charge in [0.15, 0.2) is 5.82 Å². The van der Waals surface area contributed by atoms with E-state index in [0.717, 1.165) is 13.0 Å². The van der Waals surface area contributed by atoms with Crippen LogP contribution in [0.5, 0.6) is 0 Å². The Labute approximate surface area is 117 Å². The molecule has 0 saturated carbocycles. The topological polar surface area (TPSA) is 87.5 Å². The summed E-state index contributed by atoms with van der Waals surface area (Å²) in [5.41, 5.74) is 0. The number of hydrogen-bond donors (Lipinski definition) is 2. The molecule has 1 aromatic rings. The van der Waals surface area contributed by atoms with Crippen LogP contribution in [0, 0.1) is 6.92 Å². The smallest absolute Gasteiger partial charge is 0.239 e. The van der Waals surface area contributed by atoms with Crippen LogP contribution in [-0.4, -0.2) is 47.5 Å². The fourth-order valence-corrected chi connectivity index (χ4v) is 2.36. The monoisotopic (exact) mass is 280 g/mol. The van der Waals surface area contributed by atoms with E-state index in [-0.39, 0.29) is 24.4 Å². The van der Waals surface area contributed by atoms with Crippen LogP contribution >= 0.6 is 0 Å². The van der Waals surface area contributed by atoms with Gasteiger partial charge in [-0.25, -0.2) is 0 Å². The largest absolute Gasteiger partial charge is 0.360 e. The molecule has 0 bridgehead atoms. The molecular weight excluding hydrogens is 260 g/mol. The minimum Gasteiger partial charge on any atom is -0.360 e. The predicted octanol–water partition coefficient (Wildman–Crippen LogP) is 0.522. The lowest BCUT2D eigenvalue weighted by molar-refractivity contribution is -0.126. The first-order valence-electron chi connectivity index (χ1n) is 6.85. The molecule has 1 atom stereocenters. The Morgan fingerprint density at radius 2 is 2.45 bits per heavy atom. The van der Waals surface area contributed by atoms with E-state index in [1.807, 2.05) is 11.8 Å². The summed E-state index contributed by atoms with van der Waals surface area (Å²) in [7, 11) is 0. The van der Waals surface area contributed by atoms with Crippen molar-refractivity contribution < 1.29 is 14.1 Å². The van der Waals surface area contributed by atoms with Crippen molar-refractivity contribution in [3.05, 3.63) is 11.8 Å². The van der Waals surface area contributed by atoms with Gasteiger partial charge in [0.2, 0.25) is 11.8 Å². The molecule has 0 aliphatic carbocycles. The third-order valence-electron chi connectivity index (χ3n) is 3.29. The zero-order valence-electron chi connectivity index (χ0n) is 11.8. The third-order valence-corrected chi connectivity index (χ3v) is 3.29. The van der Waals surface area contributed by atoms with E-state index in [0.29, 0.717) is 24.5 Å². The second-order valence-corrected chi connectivity index (χ2v) is 4.91. The molecule has 20 heavy (non-hydrogen) atoms. The van der Waals surface area contributed by atoms with Gasteiger partial charge in [-0.3, -0.25) is 14.5 Å². The van der Waals surface area contributed by atoms with Crippen LogP contribution in [-0.2, 0) is 9.59 Å². The average molecular weight is 280 g/mol. The van der Waals surface area contributed by atoms with Gasteiger partial charge in [0.05, 0.1) is 12.6 Å². The van der Waals surface area contributed by atoms with Gasteiger partial charge in [-0.1, -0.05) is 12.1 Å². The number of aryl methyl sites for hydroxylation is 1. The summed E-state index contributed by atoms with van der Waals surface area (Å²) in [5.74, 6) is 0.849. The maximum Gasteiger partial charge on any atom is 0.239 e. The number of nitrogens with one attached hydrogen (secondary N) is 2. The molecule has 1 fully saturated rings. The number of nitrogens with zero attached hydrogens (tertiary/aromatic N) is 2. The Kier molecular flexibility index (Phi) is 4.73. The van der Waals surface area contributed by atoms with Gasteiger partial charge in [0.25, 0.3) is 0 Å². The number of amides is 2. The molecule has 1 aliphatic rings. The number of hydrogen-bond acceptors (Lipinski definition) is 5. The molecule has 0 radical (unpaired) electrons. The van der Waals surface area contributed by atoms with Gasteiger partial charge >= 0.3 is 0 Å². The summed E-state index contributed by atoms with van der Waals surface area (Å²) in [6.45, 7) is 5.27. The van der Waals surface area contributed by atoms with E-state index in [4.69, 9.17) is 4.52 Å². The number of carbonyl (C=O) groups is 2. The third kappa shape index (κ3) is 3.57. The van der Waals surface area contributed by atoms with Crippen molar-refractivity contribution in [1.29, 1.82) is 0 Å². The summed E-state index contributed by atoms with van der Waals surface area (Å²) in [5, 5.41) is 9.25. The number of anilines is 1. The maximum absolute atomic E-state index is 12.0. The van der Waals surface area contributed by atoms with Crippen molar-refractivity contribution >= 4 is 17.6 Å². The van der Waals surface area contributed by atoms with Gasteiger partial charge in [-0.05, 0) is 19.8 Å². The molecule has 1 saturated heterocycles. The molecule has 0 unspecified atom stereocenters. The van der Waals surface area contributed by atoms with Crippen LogP contribution in [0.1, 0.15) is 25.5 Å². The summed E-state index contributed by atoms with van der Waals surface area (Å²) < 4.78 is 4.89. The number of aromatic nitrogens is 1. The lowest BCUT2D eigenvalue weighted by Gasteiger charge is -2.26. The standard InChI is InChI=1S/C13H20N4O3/c1-3-10-13(19)14-5-4-6-17(10)8-12(18)15-11-7-9(2)20-16-11/h7,10H,3-6,8H2,1-2H3,(H,14,19)(H,15,16,18)/t10-/m0/s1. The highest BCUT2D eigenvalue weighted by Gasteiger charge is 2.27. The molecule has 1 aliphatic heterocycles. The van der Waals surface area contributed by atoms with Crippen molar-refractivity contribution in [3.8, 4) is 0 Å². The van der Waals surface area contributed by atoms with E-state index < -0.39 is 0 Å². The Morgan fingerprint density at radius 1 is 1.65 bits per heavy atom. The molecule has 2 N–H and O–H groups in total. The van der Waals surface area contributed by atoms with E-state index in [2.05, 4.69) is 15.8 Å². The van der Waals surface area contributed by atoms with Gasteiger partial charge in [0, 0.05) is 19.2 Å². The maximum atomic E-state index is 12.0. The summed E-state index contributed by atoms with van der Waals surface area (Å²) >= 11 is 0. The van der Waals surface area contributed by atoms with Crippen LogP contribution in [0.25, 0.3) is 0 Å². The summed E-state index contributed by atoms with van der Waals surface area (Å²) in [4.78, 5) is 25.8. The lowest BCUT2D eigenvalue weighted by atomic mass is 10.2. The molecule has 7 nitrogen and oxygen atoms in total. The zero-order chi connectivity index (χ0) is 14.5. The summed E-state index contributed by atoms with van der Waals surface area (Å²) in [6.07, 6.45) is 1.53. The normalized spacial score (nSPS) is 20.3. The minimum atomic E-state index is -0.248. The molecule has 2 heterocycles. The van der Waals surface area contributed by atoms with Gasteiger partial charge in [-0.2, -0.15) is 0 Å². The molecule has 7 heteroatoms. The van der Waals surface area contributed by atoms with E-state index in [1.165, 1.54) is 0 Å². The van der Waals surface area contributed by atoms with Gasteiger partial charge in [0.1, 0.15) is 5.76 Å². The average Bonchev–Trinajstić information content (AvgIpc) is 2.71. The van der Waals surface area contributed by atoms with Crippen molar-refractivity contribution in [1.82, 2.24) is 15.4 Å². The number of rotatable bonds is 4. The van der Waals surface area contributed by atoms with Crippen molar-refractivity contribution in [3.63, 3.8) is 0 Å². The molecular formula is C13H20N4O3. The van der Waals surface area contributed by atoms with E-state index in [9.17, 15) is 9.59 Å². The molecule has 0 spiro atoms. The Balaban J connectivity index is 1.95. The number of carbonyl (C=O) groups excluding carboxylic acids is 2. The highest BCUT2D eigenvalue weighted by Crippen LogP contribution is 2.11. The highest BCUT2D eigenvalue weighted by molar-refractivity contribution is 5.92. The Hall–Kier alpha value is -1.89. The van der Waals surface area contributed by atoms with Crippen molar-refractivity contribution in [2.75, 3.05) is 25.0 Å². The van der Waals surface area contributed by atoms with Crippen molar-refractivity contribution in [2.45, 2.75) is 32.7 Å². The Morgan fingerprint density at radius 3 is 3.10 bits per heavy atom. The molecule has 110 valence electrons. The SMILES string of the molecule is CC[C@H]1C(=O)NCCCN1CC(=O)Nc1cc(C)on1. The minimum absolute atomic E-state index is 0.00456. The molecule has 2 rings (SSSR count). The molecule has 2 amide bonds. The molecule has 0 aromatic carbocycles. The van der Waals surface area contributed by atoms with E-state index in [1.54, 1.807) is 13.0 Å². The van der Waals surface area contributed by atoms with E-state index >= 15 is 0 Å².